The molecule has 1 atom stereocenters. The summed E-state index contributed by atoms with van der Waals surface area (Å²) in [4.78, 5) is 14.9. The smallest absolute Gasteiger partial charge is 0.235 e. The Labute approximate surface area is 125 Å². The summed E-state index contributed by atoms with van der Waals surface area (Å²) in [5, 5.41) is 0. The van der Waals surface area contributed by atoms with Gasteiger partial charge >= 0.3 is 0 Å². The van der Waals surface area contributed by atoms with Crippen molar-refractivity contribution in [1.29, 1.82) is 0 Å². The number of nitrogens with zero attached hydrogens (tertiary/aromatic N) is 1. The van der Waals surface area contributed by atoms with Gasteiger partial charge in [-0.15, -0.1) is 0 Å². The molecule has 6 heteroatoms. The van der Waals surface area contributed by atoms with Crippen molar-refractivity contribution in [2.45, 2.75) is 32.2 Å². The lowest BCUT2D eigenvalue weighted by Crippen LogP contribution is -2.54. The summed E-state index contributed by atoms with van der Waals surface area (Å²) in [6, 6.07) is 0.203. The Morgan fingerprint density at radius 3 is 2.58 bits per heavy atom. The Morgan fingerprint density at radius 1 is 1.53 bits per heavy atom. The SMILES string of the molecule is CSCCC(C)N(C)C(=O)C1(C(N)=S)CCOCC1. The van der Waals surface area contributed by atoms with Crippen LogP contribution in [-0.4, -0.2) is 54.1 Å². The Balaban J connectivity index is 2.79. The largest absolute Gasteiger partial charge is 0.392 e. The molecule has 0 spiro atoms. The van der Waals surface area contributed by atoms with Crippen LogP contribution in [0.5, 0.6) is 0 Å². The van der Waals surface area contributed by atoms with Crippen LogP contribution in [0.15, 0.2) is 0 Å². The van der Waals surface area contributed by atoms with Gasteiger partial charge < -0.3 is 15.4 Å². The lowest BCUT2D eigenvalue weighted by Gasteiger charge is -2.39. The molecular weight excluding hydrogens is 280 g/mol. The Kier molecular flexibility index (Phi) is 6.56. The van der Waals surface area contributed by atoms with Crippen molar-refractivity contribution >= 4 is 34.9 Å². The molecule has 110 valence electrons. The van der Waals surface area contributed by atoms with E-state index in [0.717, 1.165) is 12.2 Å². The first-order valence-electron chi connectivity index (χ1n) is 6.59. The van der Waals surface area contributed by atoms with E-state index in [9.17, 15) is 4.79 Å². The Hall–Kier alpha value is -0.330. The van der Waals surface area contributed by atoms with Crippen LogP contribution in [0.4, 0.5) is 0 Å². The number of carbonyl (C=O) groups excluding carboxylic acids is 1. The quantitative estimate of drug-likeness (QED) is 0.757. The van der Waals surface area contributed by atoms with E-state index in [1.165, 1.54) is 0 Å². The highest BCUT2D eigenvalue weighted by atomic mass is 32.2. The van der Waals surface area contributed by atoms with Crippen LogP contribution >= 0.6 is 24.0 Å². The lowest BCUT2D eigenvalue weighted by atomic mass is 9.78. The number of rotatable bonds is 6. The molecule has 1 saturated heterocycles. The number of ether oxygens (including phenoxy) is 1. The van der Waals surface area contributed by atoms with E-state index in [4.69, 9.17) is 22.7 Å². The Bertz CT molecular complexity index is 331. The zero-order valence-electron chi connectivity index (χ0n) is 12.0. The number of nitrogens with two attached hydrogens (primary N) is 1. The van der Waals surface area contributed by atoms with Gasteiger partial charge in [0.05, 0.1) is 4.99 Å². The van der Waals surface area contributed by atoms with Gasteiger partial charge in [-0.3, -0.25) is 4.79 Å². The summed E-state index contributed by atoms with van der Waals surface area (Å²) < 4.78 is 5.34. The lowest BCUT2D eigenvalue weighted by molar-refractivity contribution is -0.142. The fourth-order valence-electron chi connectivity index (χ4n) is 2.31. The molecule has 1 unspecified atom stereocenters. The maximum Gasteiger partial charge on any atom is 0.235 e. The van der Waals surface area contributed by atoms with Crippen molar-refractivity contribution < 1.29 is 9.53 Å². The molecular formula is C13H24N2O2S2. The molecule has 0 aromatic rings. The van der Waals surface area contributed by atoms with Crippen LogP contribution in [0.25, 0.3) is 0 Å². The predicted molar refractivity (Wildman–Crippen MR) is 84.5 cm³/mol. The molecule has 1 aliphatic heterocycles. The molecule has 4 nitrogen and oxygen atoms in total. The van der Waals surface area contributed by atoms with Crippen molar-refractivity contribution in [2.24, 2.45) is 11.1 Å². The number of thiocarbonyl (C=S) groups is 1. The van der Waals surface area contributed by atoms with Gasteiger partial charge in [-0.2, -0.15) is 11.8 Å². The molecule has 1 heterocycles. The van der Waals surface area contributed by atoms with Gasteiger partial charge in [0.25, 0.3) is 0 Å². The van der Waals surface area contributed by atoms with Gasteiger partial charge in [0.1, 0.15) is 5.41 Å². The molecule has 0 radical (unpaired) electrons. The summed E-state index contributed by atoms with van der Waals surface area (Å²) in [7, 11) is 1.85. The number of hydrogen-bond donors (Lipinski definition) is 1. The molecule has 1 fully saturated rings. The van der Waals surface area contributed by atoms with Crippen LogP contribution in [0.3, 0.4) is 0 Å². The molecule has 1 rings (SSSR count). The molecule has 0 aliphatic carbocycles. The van der Waals surface area contributed by atoms with Gasteiger partial charge in [-0.1, -0.05) is 12.2 Å². The second-order valence-electron chi connectivity index (χ2n) is 5.11. The summed E-state index contributed by atoms with van der Waals surface area (Å²) in [6.07, 6.45) is 4.25. The molecule has 0 saturated carbocycles. The van der Waals surface area contributed by atoms with Crippen LogP contribution in [0.2, 0.25) is 0 Å². The van der Waals surface area contributed by atoms with Crippen LogP contribution < -0.4 is 5.73 Å². The van der Waals surface area contributed by atoms with E-state index in [2.05, 4.69) is 13.2 Å². The first-order chi connectivity index (χ1) is 8.95. The maximum atomic E-state index is 12.8. The highest BCUT2D eigenvalue weighted by Crippen LogP contribution is 2.33. The molecule has 19 heavy (non-hydrogen) atoms. The number of carbonyl (C=O) groups is 1. The molecule has 1 amide bonds. The highest BCUT2D eigenvalue weighted by Gasteiger charge is 2.45. The molecule has 2 N–H and O–H groups in total. The van der Waals surface area contributed by atoms with Gasteiger partial charge in [0, 0.05) is 26.3 Å². The monoisotopic (exact) mass is 304 g/mol. The fourth-order valence-corrected chi connectivity index (χ4v) is 3.17. The minimum Gasteiger partial charge on any atom is -0.392 e. The van der Waals surface area contributed by atoms with Crippen LogP contribution in [0.1, 0.15) is 26.2 Å². The van der Waals surface area contributed by atoms with Crippen molar-refractivity contribution in [1.82, 2.24) is 4.90 Å². The second kappa shape index (κ2) is 7.45. The average molecular weight is 304 g/mol. The third-order valence-electron chi connectivity index (χ3n) is 3.95. The maximum absolute atomic E-state index is 12.8. The first kappa shape index (κ1) is 16.7. The van der Waals surface area contributed by atoms with E-state index < -0.39 is 5.41 Å². The second-order valence-corrected chi connectivity index (χ2v) is 6.53. The molecule has 0 aromatic heterocycles. The summed E-state index contributed by atoms with van der Waals surface area (Å²) >= 11 is 6.96. The Morgan fingerprint density at radius 2 is 2.11 bits per heavy atom. The van der Waals surface area contributed by atoms with E-state index >= 15 is 0 Å². The van der Waals surface area contributed by atoms with Gasteiger partial charge in [0.15, 0.2) is 0 Å². The van der Waals surface area contributed by atoms with E-state index in [0.29, 0.717) is 31.0 Å². The standard InChI is InChI=1S/C13H24N2O2S2/c1-10(4-9-19-3)15(2)12(16)13(11(14)18)5-7-17-8-6-13/h10H,4-9H2,1-3H3,(H2,14,18). The third kappa shape index (κ3) is 3.83. The van der Waals surface area contributed by atoms with Crippen molar-refractivity contribution in [3.63, 3.8) is 0 Å². The van der Waals surface area contributed by atoms with Gasteiger partial charge in [-0.25, -0.2) is 0 Å². The van der Waals surface area contributed by atoms with Crippen LogP contribution in [0, 0.1) is 5.41 Å². The first-order valence-corrected chi connectivity index (χ1v) is 8.40. The summed E-state index contributed by atoms with van der Waals surface area (Å²) in [5.74, 6) is 1.10. The zero-order chi connectivity index (χ0) is 14.5. The normalized spacial score (nSPS) is 19.7. The third-order valence-corrected chi connectivity index (χ3v) is 4.98. The summed E-state index contributed by atoms with van der Waals surface area (Å²) in [6.45, 7) is 3.17. The molecule has 1 aliphatic rings. The molecule has 0 aromatic carbocycles. The highest BCUT2D eigenvalue weighted by molar-refractivity contribution is 7.98. The van der Waals surface area contributed by atoms with Gasteiger partial charge in [-0.05, 0) is 38.2 Å². The van der Waals surface area contributed by atoms with E-state index in [1.54, 1.807) is 16.7 Å². The minimum absolute atomic E-state index is 0.0527. The van der Waals surface area contributed by atoms with E-state index in [-0.39, 0.29) is 11.9 Å². The minimum atomic E-state index is -0.698. The summed E-state index contributed by atoms with van der Waals surface area (Å²) in [5.41, 5.74) is 5.17. The molecule has 0 bridgehead atoms. The average Bonchev–Trinajstić information content (AvgIpc) is 2.43. The zero-order valence-corrected chi connectivity index (χ0v) is 13.6. The topological polar surface area (TPSA) is 55.6 Å². The van der Waals surface area contributed by atoms with Crippen molar-refractivity contribution in [3.8, 4) is 0 Å². The number of amides is 1. The number of hydrogen-bond acceptors (Lipinski definition) is 4. The van der Waals surface area contributed by atoms with E-state index in [1.807, 2.05) is 7.05 Å². The predicted octanol–water partition coefficient (Wildman–Crippen LogP) is 1.67. The number of thioether (sulfide) groups is 1. The van der Waals surface area contributed by atoms with Crippen molar-refractivity contribution in [3.05, 3.63) is 0 Å². The van der Waals surface area contributed by atoms with Crippen LogP contribution in [-0.2, 0) is 9.53 Å². The fraction of sp³-hybridized carbons (Fsp3) is 0.846. The van der Waals surface area contributed by atoms with Crippen molar-refractivity contribution in [2.75, 3.05) is 32.3 Å². The van der Waals surface area contributed by atoms with Gasteiger partial charge in [0.2, 0.25) is 5.91 Å².